The Kier molecular flexibility index (Phi) is 4.84. The van der Waals surface area contributed by atoms with Crippen LogP contribution in [0.25, 0.3) is 22.3 Å². The minimum Gasteiger partial charge on any atom is -0.497 e. The van der Waals surface area contributed by atoms with E-state index in [1.54, 1.807) is 19.2 Å². The van der Waals surface area contributed by atoms with E-state index in [-0.39, 0.29) is 0 Å². The summed E-state index contributed by atoms with van der Waals surface area (Å²) < 4.78 is 5.21. The van der Waals surface area contributed by atoms with Crippen molar-refractivity contribution in [2.24, 2.45) is 0 Å². The summed E-state index contributed by atoms with van der Waals surface area (Å²) in [5.41, 5.74) is 2.45. The van der Waals surface area contributed by atoms with Gasteiger partial charge in [-0.05, 0) is 54.6 Å². The third kappa shape index (κ3) is 3.68. The molecule has 0 aliphatic heterocycles. The lowest BCUT2D eigenvalue weighted by atomic mass is 10.1. The number of benzene rings is 3. The highest BCUT2D eigenvalue weighted by atomic mass is 35.5. The molecule has 0 aliphatic rings. The van der Waals surface area contributed by atoms with Crippen molar-refractivity contribution in [3.05, 3.63) is 76.8 Å². The molecule has 1 aromatic heterocycles. The van der Waals surface area contributed by atoms with Gasteiger partial charge in [0.1, 0.15) is 11.6 Å². The van der Waals surface area contributed by atoms with Gasteiger partial charge in [0.15, 0.2) is 5.82 Å². The Morgan fingerprint density at radius 1 is 0.889 bits per heavy atom. The van der Waals surface area contributed by atoms with Crippen LogP contribution < -0.4 is 10.1 Å². The molecule has 0 atom stereocenters. The Morgan fingerprint density at radius 3 is 2.41 bits per heavy atom. The van der Waals surface area contributed by atoms with E-state index in [9.17, 15) is 0 Å². The number of nitrogens with zero attached hydrogens (tertiary/aromatic N) is 2. The molecular weight excluding hydrogens is 381 g/mol. The molecule has 134 valence electrons. The highest BCUT2D eigenvalue weighted by molar-refractivity contribution is 6.36. The number of fused-ring (bicyclic) bond motifs is 1. The summed E-state index contributed by atoms with van der Waals surface area (Å²) in [5.74, 6) is 2.03. The second-order valence-corrected chi connectivity index (χ2v) is 6.73. The van der Waals surface area contributed by atoms with Gasteiger partial charge in [0.25, 0.3) is 0 Å². The Morgan fingerprint density at radius 2 is 1.67 bits per heavy atom. The first-order valence-corrected chi connectivity index (χ1v) is 9.03. The highest BCUT2D eigenvalue weighted by Crippen LogP contribution is 2.32. The Bertz CT molecular complexity index is 1110. The zero-order chi connectivity index (χ0) is 18.8. The van der Waals surface area contributed by atoms with Crippen molar-refractivity contribution in [2.45, 2.75) is 0 Å². The van der Waals surface area contributed by atoms with Crippen LogP contribution in [0.2, 0.25) is 10.0 Å². The molecule has 0 saturated heterocycles. The molecule has 0 amide bonds. The minimum atomic E-state index is 0.508. The van der Waals surface area contributed by atoms with E-state index < -0.39 is 0 Å². The maximum absolute atomic E-state index is 6.36. The molecular formula is C21H15Cl2N3O. The predicted molar refractivity (Wildman–Crippen MR) is 111 cm³/mol. The molecule has 0 aliphatic carbocycles. The Balaban J connectivity index is 1.82. The van der Waals surface area contributed by atoms with E-state index in [4.69, 9.17) is 32.9 Å². The monoisotopic (exact) mass is 395 g/mol. The number of para-hydroxylation sites is 1. The van der Waals surface area contributed by atoms with Crippen LogP contribution in [0.4, 0.5) is 11.5 Å². The van der Waals surface area contributed by atoms with E-state index >= 15 is 0 Å². The van der Waals surface area contributed by atoms with Crippen molar-refractivity contribution in [1.82, 2.24) is 9.97 Å². The van der Waals surface area contributed by atoms with Gasteiger partial charge in [-0.15, -0.1) is 0 Å². The molecule has 1 heterocycles. The molecule has 0 fully saturated rings. The first-order valence-electron chi connectivity index (χ1n) is 8.27. The smallest absolute Gasteiger partial charge is 0.163 e. The average molecular weight is 396 g/mol. The topological polar surface area (TPSA) is 47.0 Å². The van der Waals surface area contributed by atoms with Gasteiger partial charge in [-0.2, -0.15) is 0 Å². The summed E-state index contributed by atoms with van der Waals surface area (Å²) in [6, 6.07) is 20.8. The molecule has 0 bridgehead atoms. The van der Waals surface area contributed by atoms with Crippen LogP contribution in [0, 0.1) is 0 Å². The summed E-state index contributed by atoms with van der Waals surface area (Å²) >= 11 is 12.4. The lowest BCUT2D eigenvalue weighted by Crippen LogP contribution is -1.99. The number of aromatic nitrogens is 2. The molecule has 3 aromatic carbocycles. The fraction of sp³-hybridized carbons (Fsp3) is 0.0476. The van der Waals surface area contributed by atoms with Gasteiger partial charge in [0.05, 0.1) is 17.6 Å². The number of anilines is 2. The molecule has 1 N–H and O–H groups in total. The Labute approximate surface area is 166 Å². The number of halogens is 2. The summed E-state index contributed by atoms with van der Waals surface area (Å²) in [7, 11) is 1.64. The van der Waals surface area contributed by atoms with Crippen LogP contribution in [-0.4, -0.2) is 17.1 Å². The predicted octanol–water partition coefficient (Wildman–Crippen LogP) is 6.36. The average Bonchev–Trinajstić information content (AvgIpc) is 2.68. The van der Waals surface area contributed by atoms with Crippen LogP contribution in [0.5, 0.6) is 5.75 Å². The fourth-order valence-electron chi connectivity index (χ4n) is 2.77. The summed E-state index contributed by atoms with van der Waals surface area (Å²) in [4.78, 5) is 9.39. The van der Waals surface area contributed by atoms with Crippen molar-refractivity contribution >= 4 is 45.6 Å². The third-order valence-corrected chi connectivity index (χ3v) is 4.68. The maximum Gasteiger partial charge on any atom is 0.163 e. The van der Waals surface area contributed by atoms with Gasteiger partial charge >= 0.3 is 0 Å². The lowest BCUT2D eigenvalue weighted by Gasteiger charge is -2.12. The lowest BCUT2D eigenvalue weighted by molar-refractivity contribution is 0.415. The first-order chi connectivity index (χ1) is 13.1. The van der Waals surface area contributed by atoms with Crippen molar-refractivity contribution < 1.29 is 4.74 Å². The summed E-state index contributed by atoms with van der Waals surface area (Å²) in [6.45, 7) is 0. The first kappa shape index (κ1) is 17.6. The normalized spacial score (nSPS) is 10.8. The Hall–Kier alpha value is -2.82. The van der Waals surface area contributed by atoms with Gasteiger partial charge in [-0.25, -0.2) is 9.97 Å². The number of ether oxygens (including phenoxy) is 1. The summed E-state index contributed by atoms with van der Waals surface area (Å²) in [6.07, 6.45) is 0. The van der Waals surface area contributed by atoms with Crippen LogP contribution in [-0.2, 0) is 0 Å². The van der Waals surface area contributed by atoms with Crippen molar-refractivity contribution in [1.29, 1.82) is 0 Å². The van der Waals surface area contributed by atoms with E-state index in [0.29, 0.717) is 21.7 Å². The largest absolute Gasteiger partial charge is 0.497 e. The zero-order valence-corrected chi connectivity index (χ0v) is 15.9. The number of nitrogens with one attached hydrogen (secondary N) is 1. The SMILES string of the molecule is COc1ccc(Nc2nc(-c3ccc(Cl)cc3Cl)nc3ccccc23)cc1. The minimum absolute atomic E-state index is 0.508. The van der Waals surface area contributed by atoms with Crippen LogP contribution in [0.1, 0.15) is 0 Å². The molecule has 4 rings (SSSR count). The van der Waals surface area contributed by atoms with E-state index in [1.165, 1.54) is 0 Å². The van der Waals surface area contributed by atoms with Gasteiger partial charge in [0.2, 0.25) is 0 Å². The molecule has 0 spiro atoms. The molecule has 0 unspecified atom stereocenters. The van der Waals surface area contributed by atoms with Gasteiger partial charge in [-0.1, -0.05) is 35.3 Å². The van der Waals surface area contributed by atoms with Crippen LogP contribution >= 0.6 is 23.2 Å². The van der Waals surface area contributed by atoms with E-state index in [0.717, 1.165) is 27.9 Å². The van der Waals surface area contributed by atoms with Crippen molar-refractivity contribution in [2.75, 3.05) is 12.4 Å². The van der Waals surface area contributed by atoms with E-state index in [2.05, 4.69) is 10.3 Å². The molecule has 6 heteroatoms. The maximum atomic E-state index is 6.36. The van der Waals surface area contributed by atoms with Gasteiger partial charge in [0, 0.05) is 21.7 Å². The van der Waals surface area contributed by atoms with E-state index in [1.807, 2.05) is 54.6 Å². The van der Waals surface area contributed by atoms with Gasteiger partial charge in [-0.3, -0.25) is 0 Å². The fourth-order valence-corrected chi connectivity index (χ4v) is 3.27. The molecule has 0 saturated carbocycles. The van der Waals surface area contributed by atoms with Crippen LogP contribution in [0.15, 0.2) is 66.7 Å². The second-order valence-electron chi connectivity index (χ2n) is 5.89. The summed E-state index contributed by atoms with van der Waals surface area (Å²) in [5, 5.41) is 5.36. The second kappa shape index (κ2) is 7.43. The van der Waals surface area contributed by atoms with Crippen molar-refractivity contribution in [3.8, 4) is 17.1 Å². The zero-order valence-electron chi connectivity index (χ0n) is 14.4. The van der Waals surface area contributed by atoms with Crippen molar-refractivity contribution in [3.63, 3.8) is 0 Å². The molecule has 4 aromatic rings. The standard InChI is InChI=1S/C21H15Cl2N3O/c1-27-15-9-7-14(8-10-15)24-21-17-4-2-3-5-19(17)25-20(26-21)16-11-6-13(22)12-18(16)23/h2-12H,1H3,(H,24,25,26). The highest BCUT2D eigenvalue weighted by Gasteiger charge is 2.12. The number of rotatable bonds is 4. The molecule has 0 radical (unpaired) electrons. The quantitative estimate of drug-likeness (QED) is 0.436. The number of hydrogen-bond donors (Lipinski definition) is 1. The third-order valence-electron chi connectivity index (χ3n) is 4.13. The van der Waals surface area contributed by atoms with Gasteiger partial charge < -0.3 is 10.1 Å². The molecule has 27 heavy (non-hydrogen) atoms. The number of methoxy groups -OCH3 is 1. The van der Waals surface area contributed by atoms with Crippen LogP contribution in [0.3, 0.4) is 0 Å². The number of hydrogen-bond acceptors (Lipinski definition) is 4. The molecule has 4 nitrogen and oxygen atoms in total.